The third-order valence-electron chi connectivity index (χ3n) is 7.07. The number of methoxy groups -OCH3 is 1. The highest BCUT2D eigenvalue weighted by Gasteiger charge is 2.25. The number of benzene rings is 2. The van der Waals surface area contributed by atoms with E-state index in [1.165, 1.54) is 4.57 Å². The maximum absolute atomic E-state index is 11.8. The van der Waals surface area contributed by atoms with Crippen LogP contribution in [0.15, 0.2) is 63.8 Å². The molecule has 0 saturated heterocycles. The topological polar surface area (TPSA) is 86.7 Å². The first-order valence-corrected chi connectivity index (χ1v) is 13.5. The highest BCUT2D eigenvalue weighted by molar-refractivity contribution is 7.09. The smallest absolute Gasteiger partial charge is 0.309 e. The van der Waals surface area contributed by atoms with E-state index in [2.05, 4.69) is 0 Å². The number of hydrogen-bond donors (Lipinski definition) is 1. The Morgan fingerprint density at radius 3 is 2.70 bits per heavy atom. The highest BCUT2D eigenvalue weighted by Crippen LogP contribution is 2.34. The highest BCUT2D eigenvalue weighted by atomic mass is 32.1. The summed E-state index contributed by atoms with van der Waals surface area (Å²) >= 11 is 1.14. The van der Waals surface area contributed by atoms with Crippen LogP contribution in [0.1, 0.15) is 42.7 Å². The van der Waals surface area contributed by atoms with Gasteiger partial charge in [0.15, 0.2) is 5.76 Å². The van der Waals surface area contributed by atoms with Gasteiger partial charge in [-0.25, -0.2) is 4.98 Å². The largest absolute Gasteiger partial charge is 0.497 e. The number of aromatic nitrogens is 2. The van der Waals surface area contributed by atoms with Crippen molar-refractivity contribution in [3.8, 4) is 34.4 Å². The zero-order valence-electron chi connectivity index (χ0n) is 21.2. The Morgan fingerprint density at radius 1 is 1.14 bits per heavy atom. The summed E-state index contributed by atoms with van der Waals surface area (Å²) in [5, 5.41) is 10.2. The maximum atomic E-state index is 11.8. The Labute approximate surface area is 220 Å². The zero-order chi connectivity index (χ0) is 25.8. The van der Waals surface area contributed by atoms with E-state index >= 15 is 0 Å². The molecule has 37 heavy (non-hydrogen) atoms. The van der Waals surface area contributed by atoms with Gasteiger partial charge in [-0.15, -0.1) is 0 Å². The maximum Gasteiger partial charge on any atom is 0.309 e. The zero-order valence-corrected chi connectivity index (χ0v) is 22.0. The molecule has 0 amide bonds. The van der Waals surface area contributed by atoms with Gasteiger partial charge in [0.2, 0.25) is 11.8 Å². The molecular formula is C29H32N2O5S. The third kappa shape index (κ3) is 5.81. The Morgan fingerprint density at radius 2 is 1.95 bits per heavy atom. The third-order valence-corrected chi connectivity index (χ3v) is 8.15. The van der Waals surface area contributed by atoms with Crippen LogP contribution in [0.4, 0.5) is 0 Å². The van der Waals surface area contributed by atoms with E-state index in [9.17, 15) is 9.90 Å². The molecule has 8 heteroatoms. The first kappa shape index (κ1) is 25.3. The van der Waals surface area contributed by atoms with Gasteiger partial charge >= 0.3 is 4.87 Å². The molecule has 5 rings (SSSR count). The molecule has 0 radical (unpaired) electrons. The second-order valence-electron chi connectivity index (χ2n) is 9.57. The summed E-state index contributed by atoms with van der Waals surface area (Å²) in [6, 6.07) is 17.7. The predicted molar refractivity (Wildman–Crippen MR) is 144 cm³/mol. The van der Waals surface area contributed by atoms with Crippen LogP contribution in [0.25, 0.3) is 22.8 Å². The van der Waals surface area contributed by atoms with E-state index in [0.717, 1.165) is 83.1 Å². The van der Waals surface area contributed by atoms with Crippen LogP contribution in [-0.2, 0) is 24.8 Å². The SMILES string of the molecule is COc1cccc(-c2nc(CO[C@H]3CCC[C@@H](CCc4sc(=O)n(C)c4O)C3)c(-c3ccccc3)o2)c1. The van der Waals surface area contributed by atoms with Crippen LogP contribution in [0, 0.1) is 5.92 Å². The molecule has 194 valence electrons. The second kappa shape index (κ2) is 11.4. The number of aromatic hydroxyl groups is 1. The van der Waals surface area contributed by atoms with Gasteiger partial charge in [-0.05, 0) is 49.8 Å². The van der Waals surface area contributed by atoms with Crippen molar-refractivity contribution in [2.75, 3.05) is 7.11 Å². The van der Waals surface area contributed by atoms with Crippen molar-refractivity contribution in [2.45, 2.75) is 51.2 Å². The van der Waals surface area contributed by atoms with Gasteiger partial charge in [-0.3, -0.25) is 9.36 Å². The minimum Gasteiger partial charge on any atom is -0.497 e. The first-order valence-electron chi connectivity index (χ1n) is 12.7. The average molecular weight is 521 g/mol. The van der Waals surface area contributed by atoms with Crippen molar-refractivity contribution < 1.29 is 19.0 Å². The molecule has 1 N–H and O–H groups in total. The van der Waals surface area contributed by atoms with E-state index in [1.807, 2.05) is 54.6 Å². The Bertz CT molecular complexity index is 1390. The summed E-state index contributed by atoms with van der Waals surface area (Å²) in [5.74, 6) is 2.61. The van der Waals surface area contributed by atoms with Crippen molar-refractivity contribution in [3.63, 3.8) is 0 Å². The number of nitrogens with zero attached hydrogens (tertiary/aromatic N) is 2. The Kier molecular flexibility index (Phi) is 7.76. The molecule has 7 nitrogen and oxygen atoms in total. The molecule has 0 bridgehead atoms. The molecule has 0 spiro atoms. The average Bonchev–Trinajstić information content (AvgIpc) is 3.48. The van der Waals surface area contributed by atoms with Crippen molar-refractivity contribution in [3.05, 3.63) is 74.8 Å². The molecule has 4 aromatic rings. The summed E-state index contributed by atoms with van der Waals surface area (Å²) in [6.07, 6.45) is 6.02. The van der Waals surface area contributed by atoms with Gasteiger partial charge in [0.1, 0.15) is 11.4 Å². The number of hydrogen-bond acceptors (Lipinski definition) is 7. The van der Waals surface area contributed by atoms with E-state index in [0.29, 0.717) is 18.4 Å². The molecule has 2 atom stereocenters. The second-order valence-corrected chi connectivity index (χ2v) is 10.6. The fraction of sp³-hybridized carbons (Fsp3) is 0.379. The lowest BCUT2D eigenvalue weighted by Gasteiger charge is -2.29. The van der Waals surface area contributed by atoms with Crippen LogP contribution in [-0.4, -0.2) is 27.9 Å². The summed E-state index contributed by atoms with van der Waals surface area (Å²) in [6.45, 7) is 0.371. The van der Waals surface area contributed by atoms with Crippen molar-refractivity contribution in [1.29, 1.82) is 0 Å². The number of thiazole rings is 1. The van der Waals surface area contributed by atoms with Crippen molar-refractivity contribution >= 4 is 11.3 Å². The molecule has 1 aliphatic carbocycles. The van der Waals surface area contributed by atoms with E-state index in [-0.39, 0.29) is 16.9 Å². The van der Waals surface area contributed by atoms with Crippen LogP contribution in [0.2, 0.25) is 0 Å². The minimum atomic E-state index is -0.118. The van der Waals surface area contributed by atoms with Gasteiger partial charge in [0.25, 0.3) is 0 Å². The van der Waals surface area contributed by atoms with Crippen molar-refractivity contribution in [1.82, 2.24) is 9.55 Å². The Balaban J connectivity index is 1.28. The quantitative estimate of drug-likeness (QED) is 0.283. The lowest BCUT2D eigenvalue weighted by molar-refractivity contribution is 0.00000478. The van der Waals surface area contributed by atoms with Crippen LogP contribution < -0.4 is 9.61 Å². The van der Waals surface area contributed by atoms with Crippen LogP contribution in [0.3, 0.4) is 0 Å². The molecule has 2 aromatic carbocycles. The van der Waals surface area contributed by atoms with Crippen LogP contribution in [0.5, 0.6) is 11.6 Å². The standard InChI is InChI=1S/C29H32N2O5S/c1-31-28(32)25(37-29(31)33)15-14-19-8-6-13-23(16-19)35-18-24-26(20-9-4-3-5-10-20)36-27(30-24)21-11-7-12-22(17-21)34-2/h3-5,7,9-12,17,19,23,32H,6,8,13-16,18H2,1-2H3/t19-,23-/m0/s1. The van der Waals surface area contributed by atoms with Crippen LogP contribution >= 0.6 is 11.3 Å². The number of ether oxygens (including phenoxy) is 2. The molecule has 0 unspecified atom stereocenters. The summed E-state index contributed by atoms with van der Waals surface area (Å²) < 4.78 is 19.4. The lowest BCUT2D eigenvalue weighted by Crippen LogP contribution is -2.23. The van der Waals surface area contributed by atoms with Gasteiger partial charge in [0.05, 0.1) is 24.7 Å². The van der Waals surface area contributed by atoms with E-state index < -0.39 is 0 Å². The Hall–Kier alpha value is -3.36. The molecule has 1 aliphatic rings. The molecule has 1 saturated carbocycles. The molecule has 1 fully saturated rings. The molecular weight excluding hydrogens is 488 g/mol. The monoisotopic (exact) mass is 520 g/mol. The van der Waals surface area contributed by atoms with Gasteiger partial charge in [-0.2, -0.15) is 0 Å². The lowest BCUT2D eigenvalue weighted by atomic mass is 9.84. The summed E-state index contributed by atoms with van der Waals surface area (Å²) in [5.41, 5.74) is 2.60. The van der Waals surface area contributed by atoms with E-state index in [4.69, 9.17) is 18.9 Å². The fourth-order valence-electron chi connectivity index (χ4n) is 4.99. The predicted octanol–water partition coefficient (Wildman–Crippen LogP) is 6.19. The van der Waals surface area contributed by atoms with Gasteiger partial charge < -0.3 is 19.0 Å². The number of aryl methyl sites for hydroxylation is 1. The molecule has 2 aromatic heterocycles. The summed E-state index contributed by atoms with van der Waals surface area (Å²) in [4.78, 5) is 17.3. The fourth-order valence-corrected chi connectivity index (χ4v) is 5.87. The minimum absolute atomic E-state index is 0.102. The normalized spacial score (nSPS) is 17.7. The molecule has 2 heterocycles. The first-order chi connectivity index (χ1) is 18.0. The van der Waals surface area contributed by atoms with E-state index in [1.54, 1.807) is 14.2 Å². The summed E-state index contributed by atoms with van der Waals surface area (Å²) in [7, 11) is 3.25. The molecule has 0 aliphatic heterocycles. The van der Waals surface area contributed by atoms with Gasteiger partial charge in [0, 0.05) is 18.2 Å². The number of rotatable bonds is 9. The number of oxazole rings is 1. The van der Waals surface area contributed by atoms with Crippen molar-refractivity contribution in [2.24, 2.45) is 13.0 Å². The van der Waals surface area contributed by atoms with Gasteiger partial charge in [-0.1, -0.05) is 60.6 Å².